The Bertz CT molecular complexity index is 621. The van der Waals surface area contributed by atoms with Gasteiger partial charge in [-0.3, -0.25) is 4.79 Å². The maximum Gasteiger partial charge on any atom is 0.243 e. The third-order valence-electron chi connectivity index (χ3n) is 3.30. The summed E-state index contributed by atoms with van der Waals surface area (Å²) >= 11 is 0. The molecule has 1 aromatic carbocycles. The molecule has 6 nitrogen and oxygen atoms in total. The van der Waals surface area contributed by atoms with Crippen molar-refractivity contribution in [2.24, 2.45) is 0 Å². The number of ether oxygens (including phenoxy) is 1. The molecule has 1 fully saturated rings. The number of benzene rings is 1. The Labute approximate surface area is 134 Å². The van der Waals surface area contributed by atoms with Gasteiger partial charge in [-0.2, -0.15) is 0 Å². The smallest absolute Gasteiger partial charge is 0.243 e. The molecule has 1 aliphatic rings. The van der Waals surface area contributed by atoms with Crippen molar-refractivity contribution in [2.45, 2.75) is 13.0 Å². The maximum absolute atomic E-state index is 12.0. The summed E-state index contributed by atoms with van der Waals surface area (Å²) < 4.78 is 10.7. The van der Waals surface area contributed by atoms with E-state index in [-0.39, 0.29) is 24.4 Å². The van der Waals surface area contributed by atoms with Gasteiger partial charge in [-0.15, -0.1) is 12.4 Å². The highest BCUT2D eigenvalue weighted by atomic mass is 35.5. The summed E-state index contributed by atoms with van der Waals surface area (Å²) in [7, 11) is 0. The van der Waals surface area contributed by atoms with Gasteiger partial charge in [0.2, 0.25) is 5.91 Å². The van der Waals surface area contributed by atoms with Crippen LogP contribution in [0.3, 0.4) is 0 Å². The van der Waals surface area contributed by atoms with Crippen molar-refractivity contribution in [1.29, 1.82) is 0 Å². The highest BCUT2D eigenvalue weighted by Gasteiger charge is 2.21. The fraction of sp³-hybridized carbons (Fsp3) is 0.333. The van der Waals surface area contributed by atoms with Crippen molar-refractivity contribution in [3.05, 3.63) is 36.4 Å². The number of morpholine rings is 1. The number of hydrogen-bond acceptors (Lipinski definition) is 5. The van der Waals surface area contributed by atoms with E-state index in [9.17, 15) is 4.79 Å². The van der Waals surface area contributed by atoms with Crippen LogP contribution < -0.4 is 10.6 Å². The van der Waals surface area contributed by atoms with Crippen LogP contribution in [0.5, 0.6) is 0 Å². The van der Waals surface area contributed by atoms with E-state index in [1.165, 1.54) is 0 Å². The first kappa shape index (κ1) is 16.5. The second-order valence-electron chi connectivity index (χ2n) is 4.89. The van der Waals surface area contributed by atoms with Gasteiger partial charge < -0.3 is 19.8 Å². The number of aryl methyl sites for hydroxylation is 1. The molecule has 1 amide bonds. The van der Waals surface area contributed by atoms with E-state index in [1.54, 1.807) is 13.1 Å². The minimum absolute atomic E-state index is 0. The highest BCUT2D eigenvalue weighted by molar-refractivity contribution is 5.95. The zero-order chi connectivity index (χ0) is 14.7. The molecule has 0 radical (unpaired) electrons. The van der Waals surface area contributed by atoms with Crippen LogP contribution in [0, 0.1) is 6.92 Å². The SMILES string of the molecule is Cc1ncc(-c2ccc(NC(=O)C3COCCN3)cc2)o1.Cl. The second-order valence-corrected chi connectivity index (χ2v) is 4.89. The fourth-order valence-corrected chi connectivity index (χ4v) is 2.18. The van der Waals surface area contributed by atoms with E-state index in [4.69, 9.17) is 9.15 Å². The van der Waals surface area contributed by atoms with Gasteiger partial charge in [0.05, 0.1) is 19.4 Å². The number of halogens is 1. The van der Waals surface area contributed by atoms with Crippen LogP contribution in [-0.4, -0.2) is 36.7 Å². The summed E-state index contributed by atoms with van der Waals surface area (Å²) in [5, 5.41) is 5.99. The standard InChI is InChI=1S/C15H17N3O3.ClH/c1-10-17-8-14(21-10)11-2-4-12(5-3-11)18-15(19)13-9-20-7-6-16-13;/h2-5,8,13,16H,6-7,9H2,1H3,(H,18,19);1H. The Morgan fingerprint density at radius 3 is 2.73 bits per heavy atom. The van der Waals surface area contributed by atoms with Gasteiger partial charge in [-0.25, -0.2) is 4.98 Å². The number of carbonyl (C=O) groups is 1. The van der Waals surface area contributed by atoms with Crippen LogP contribution in [-0.2, 0) is 9.53 Å². The zero-order valence-electron chi connectivity index (χ0n) is 12.2. The first-order valence-electron chi connectivity index (χ1n) is 6.87. The molecule has 0 saturated carbocycles. The quantitative estimate of drug-likeness (QED) is 0.903. The van der Waals surface area contributed by atoms with Crippen LogP contribution in [0.15, 0.2) is 34.9 Å². The van der Waals surface area contributed by atoms with Gasteiger partial charge in [-0.05, 0) is 24.3 Å². The summed E-state index contributed by atoms with van der Waals surface area (Å²) in [5.74, 6) is 1.26. The number of nitrogens with one attached hydrogen (secondary N) is 2. The molecule has 0 spiro atoms. The lowest BCUT2D eigenvalue weighted by molar-refractivity contribution is -0.120. The molecule has 1 aromatic heterocycles. The summed E-state index contributed by atoms with van der Waals surface area (Å²) in [4.78, 5) is 16.1. The predicted molar refractivity (Wildman–Crippen MR) is 85.2 cm³/mol. The van der Waals surface area contributed by atoms with Gasteiger partial charge >= 0.3 is 0 Å². The third kappa shape index (κ3) is 3.85. The Hall–Kier alpha value is -1.89. The molecule has 1 aliphatic heterocycles. The third-order valence-corrected chi connectivity index (χ3v) is 3.30. The average molecular weight is 324 g/mol. The van der Waals surface area contributed by atoms with Crippen molar-refractivity contribution in [2.75, 3.05) is 25.1 Å². The second kappa shape index (κ2) is 7.40. The number of carbonyl (C=O) groups excluding carboxylic acids is 1. The van der Waals surface area contributed by atoms with Crippen LogP contribution in [0.2, 0.25) is 0 Å². The molecule has 1 saturated heterocycles. The Morgan fingerprint density at radius 2 is 2.14 bits per heavy atom. The first-order chi connectivity index (χ1) is 10.2. The van der Waals surface area contributed by atoms with Gasteiger partial charge in [0, 0.05) is 24.7 Å². The van der Waals surface area contributed by atoms with Crippen molar-refractivity contribution in [3.63, 3.8) is 0 Å². The van der Waals surface area contributed by atoms with Crippen LogP contribution in [0.1, 0.15) is 5.89 Å². The molecule has 2 aromatic rings. The normalized spacial score (nSPS) is 17.6. The van der Waals surface area contributed by atoms with E-state index in [0.29, 0.717) is 31.4 Å². The molecule has 7 heteroatoms. The minimum Gasteiger partial charge on any atom is -0.441 e. The van der Waals surface area contributed by atoms with Crippen molar-refractivity contribution in [3.8, 4) is 11.3 Å². The van der Waals surface area contributed by atoms with E-state index < -0.39 is 0 Å². The fourth-order valence-electron chi connectivity index (χ4n) is 2.18. The van der Waals surface area contributed by atoms with Gasteiger partial charge in [-0.1, -0.05) is 0 Å². The molecule has 1 atom stereocenters. The molecule has 3 rings (SSSR count). The maximum atomic E-state index is 12.0. The number of nitrogens with zero attached hydrogens (tertiary/aromatic N) is 1. The Morgan fingerprint density at radius 1 is 1.36 bits per heavy atom. The van der Waals surface area contributed by atoms with Crippen LogP contribution in [0.25, 0.3) is 11.3 Å². The number of hydrogen-bond donors (Lipinski definition) is 2. The molecule has 22 heavy (non-hydrogen) atoms. The largest absolute Gasteiger partial charge is 0.441 e. The summed E-state index contributed by atoms with van der Waals surface area (Å²) in [6.07, 6.45) is 1.69. The Kier molecular flexibility index (Phi) is 5.54. The topological polar surface area (TPSA) is 76.4 Å². The van der Waals surface area contributed by atoms with Gasteiger partial charge in [0.15, 0.2) is 11.7 Å². The highest BCUT2D eigenvalue weighted by Crippen LogP contribution is 2.22. The first-order valence-corrected chi connectivity index (χ1v) is 6.87. The lowest BCUT2D eigenvalue weighted by atomic mass is 10.1. The van der Waals surface area contributed by atoms with Crippen molar-refractivity contribution in [1.82, 2.24) is 10.3 Å². The molecular weight excluding hydrogens is 306 g/mol. The number of oxazole rings is 1. The zero-order valence-corrected chi connectivity index (χ0v) is 13.0. The number of aromatic nitrogens is 1. The minimum atomic E-state index is -0.296. The van der Waals surface area contributed by atoms with Crippen molar-refractivity contribution < 1.29 is 13.9 Å². The molecule has 2 N–H and O–H groups in total. The molecule has 0 aliphatic carbocycles. The summed E-state index contributed by atoms with van der Waals surface area (Å²) in [6.45, 7) is 3.55. The predicted octanol–water partition coefficient (Wildman–Crippen LogP) is 2.00. The van der Waals surface area contributed by atoms with Gasteiger partial charge in [0.25, 0.3) is 0 Å². The number of anilines is 1. The van der Waals surface area contributed by atoms with Crippen LogP contribution in [0.4, 0.5) is 5.69 Å². The van der Waals surface area contributed by atoms with E-state index >= 15 is 0 Å². The van der Waals surface area contributed by atoms with E-state index in [0.717, 1.165) is 11.3 Å². The molecular formula is C15H18ClN3O3. The van der Waals surface area contributed by atoms with E-state index in [2.05, 4.69) is 15.6 Å². The average Bonchev–Trinajstić information content (AvgIpc) is 2.95. The number of rotatable bonds is 3. The van der Waals surface area contributed by atoms with Crippen molar-refractivity contribution >= 4 is 24.0 Å². The van der Waals surface area contributed by atoms with Crippen LogP contribution >= 0.6 is 12.4 Å². The molecule has 1 unspecified atom stereocenters. The number of amides is 1. The van der Waals surface area contributed by atoms with Gasteiger partial charge in [0.1, 0.15) is 6.04 Å². The molecule has 118 valence electrons. The Balaban J connectivity index is 0.00000176. The summed E-state index contributed by atoms with van der Waals surface area (Å²) in [5.41, 5.74) is 1.67. The lowest BCUT2D eigenvalue weighted by Gasteiger charge is -2.22. The molecule has 2 heterocycles. The lowest BCUT2D eigenvalue weighted by Crippen LogP contribution is -2.48. The van der Waals surface area contributed by atoms with E-state index in [1.807, 2.05) is 24.3 Å². The molecule has 0 bridgehead atoms. The monoisotopic (exact) mass is 323 g/mol. The summed E-state index contributed by atoms with van der Waals surface area (Å²) in [6, 6.07) is 7.17.